The molecule has 0 bridgehead atoms. The molecule has 2 aliphatic rings. The maximum atomic E-state index is 14.3. The van der Waals surface area contributed by atoms with E-state index < -0.39 is 0 Å². The summed E-state index contributed by atoms with van der Waals surface area (Å²) in [4.78, 5) is 16.4. The molecule has 2 aliphatic heterocycles. The highest BCUT2D eigenvalue weighted by Crippen LogP contribution is 2.39. The van der Waals surface area contributed by atoms with Gasteiger partial charge in [0.25, 0.3) is 0 Å². The van der Waals surface area contributed by atoms with Gasteiger partial charge in [0.2, 0.25) is 0 Å². The summed E-state index contributed by atoms with van der Waals surface area (Å²) >= 11 is 0. The maximum absolute atomic E-state index is 14.3. The predicted octanol–water partition coefficient (Wildman–Crippen LogP) is 6.14. The van der Waals surface area contributed by atoms with Crippen molar-refractivity contribution in [2.45, 2.75) is 57.8 Å². The van der Waals surface area contributed by atoms with Crippen molar-refractivity contribution < 1.29 is 18.3 Å². The van der Waals surface area contributed by atoms with Crippen LogP contribution in [0.2, 0.25) is 0 Å². The number of anilines is 1. The molecule has 2 aromatic carbocycles. The van der Waals surface area contributed by atoms with Gasteiger partial charge in [-0.25, -0.2) is 8.78 Å². The van der Waals surface area contributed by atoms with Crippen molar-refractivity contribution in [3.8, 4) is 0 Å². The van der Waals surface area contributed by atoms with Crippen LogP contribution in [0.4, 0.5) is 14.5 Å². The normalized spacial score (nSPS) is 19.3. The number of esters is 1. The largest absolute Gasteiger partial charge is 0.466 e. The summed E-state index contributed by atoms with van der Waals surface area (Å²) in [5.74, 6) is 0.239. The summed E-state index contributed by atoms with van der Waals surface area (Å²) in [5, 5.41) is 0. The Kier molecular flexibility index (Phi) is 9.13. The number of rotatable bonds is 9. The summed E-state index contributed by atoms with van der Waals surface area (Å²) in [5.41, 5.74) is 3.19. The highest BCUT2D eigenvalue weighted by atomic mass is 19.1. The number of nitrogens with zero attached hydrogens (tertiary/aromatic N) is 2. The number of benzene rings is 2. The van der Waals surface area contributed by atoms with Crippen LogP contribution in [0.3, 0.4) is 0 Å². The molecular weight excluding hydrogens is 446 g/mol. The van der Waals surface area contributed by atoms with E-state index in [0.29, 0.717) is 18.9 Å². The van der Waals surface area contributed by atoms with Gasteiger partial charge in [-0.05, 0) is 92.9 Å². The topological polar surface area (TPSA) is 32.8 Å². The molecule has 0 aliphatic carbocycles. The molecule has 0 saturated carbocycles. The zero-order valence-electron chi connectivity index (χ0n) is 20.9. The Morgan fingerprint density at radius 1 is 0.971 bits per heavy atom. The minimum Gasteiger partial charge on any atom is -0.466 e. The standard InChI is InChI=1S/C29H38F2N2O2/c1-2-4-29(34)35-20-14-22-12-16-32(17-13-22)18-19-33-15-3-5-26(23-6-8-24(30)9-7-23)27-11-10-25(31)21-28(27)33/h6-11,21-22,26H,2-5,12-20H2,1H3. The van der Waals surface area contributed by atoms with Gasteiger partial charge < -0.3 is 14.5 Å². The quantitative estimate of drug-likeness (QED) is 0.400. The van der Waals surface area contributed by atoms with Crippen molar-refractivity contribution in [1.82, 2.24) is 4.90 Å². The number of carbonyl (C=O) groups is 1. The van der Waals surface area contributed by atoms with Gasteiger partial charge in [-0.3, -0.25) is 4.79 Å². The lowest BCUT2D eigenvalue weighted by Crippen LogP contribution is -2.40. The molecule has 0 spiro atoms. The minimum atomic E-state index is -0.232. The van der Waals surface area contributed by atoms with Crippen LogP contribution in [0, 0.1) is 17.6 Å². The first-order valence-corrected chi connectivity index (χ1v) is 13.2. The van der Waals surface area contributed by atoms with Crippen molar-refractivity contribution in [2.75, 3.05) is 44.2 Å². The second-order valence-corrected chi connectivity index (χ2v) is 9.98. The number of ether oxygens (including phenoxy) is 1. The predicted molar refractivity (Wildman–Crippen MR) is 136 cm³/mol. The highest BCUT2D eigenvalue weighted by molar-refractivity contribution is 5.69. The molecule has 6 heteroatoms. The van der Waals surface area contributed by atoms with E-state index in [1.807, 2.05) is 25.1 Å². The summed E-state index contributed by atoms with van der Waals surface area (Å²) in [6.07, 6.45) is 6.52. The van der Waals surface area contributed by atoms with Gasteiger partial charge in [-0.15, -0.1) is 0 Å². The lowest BCUT2D eigenvalue weighted by molar-refractivity contribution is -0.144. The lowest BCUT2D eigenvalue weighted by Gasteiger charge is -2.34. The van der Waals surface area contributed by atoms with Crippen molar-refractivity contribution in [3.05, 3.63) is 65.2 Å². The third-order valence-corrected chi connectivity index (χ3v) is 7.54. The highest BCUT2D eigenvalue weighted by Gasteiger charge is 2.26. The molecule has 1 unspecified atom stereocenters. The van der Waals surface area contributed by atoms with Gasteiger partial charge in [-0.1, -0.05) is 25.1 Å². The molecule has 190 valence electrons. The average Bonchev–Trinajstić information content (AvgIpc) is 3.03. The number of hydrogen-bond acceptors (Lipinski definition) is 4. The van der Waals surface area contributed by atoms with Crippen LogP contribution in [0.15, 0.2) is 42.5 Å². The number of hydrogen-bond donors (Lipinski definition) is 0. The zero-order chi connectivity index (χ0) is 24.6. The number of fused-ring (bicyclic) bond motifs is 1. The van der Waals surface area contributed by atoms with Crippen molar-refractivity contribution >= 4 is 11.7 Å². The molecule has 4 nitrogen and oxygen atoms in total. The molecule has 2 aromatic rings. The fourth-order valence-corrected chi connectivity index (χ4v) is 5.50. The smallest absolute Gasteiger partial charge is 0.305 e. The summed E-state index contributed by atoms with van der Waals surface area (Å²) in [7, 11) is 0. The van der Waals surface area contributed by atoms with E-state index in [4.69, 9.17) is 4.74 Å². The second-order valence-electron chi connectivity index (χ2n) is 9.98. The Morgan fingerprint density at radius 3 is 2.46 bits per heavy atom. The number of halogens is 2. The third-order valence-electron chi connectivity index (χ3n) is 7.54. The molecule has 2 heterocycles. The fourth-order valence-electron chi connectivity index (χ4n) is 5.50. The fraction of sp³-hybridized carbons (Fsp3) is 0.552. The SMILES string of the molecule is CCCC(=O)OCCC1CCN(CCN2CCCC(c3ccc(F)cc3)c3ccc(F)cc32)CC1. The van der Waals surface area contributed by atoms with Gasteiger partial charge in [0.05, 0.1) is 6.61 Å². The van der Waals surface area contributed by atoms with E-state index in [2.05, 4.69) is 9.80 Å². The average molecular weight is 485 g/mol. The van der Waals surface area contributed by atoms with E-state index >= 15 is 0 Å². The van der Waals surface area contributed by atoms with Gasteiger partial charge in [0.1, 0.15) is 11.6 Å². The van der Waals surface area contributed by atoms with E-state index in [9.17, 15) is 13.6 Å². The first-order chi connectivity index (χ1) is 17.0. The van der Waals surface area contributed by atoms with Gasteiger partial charge in [0.15, 0.2) is 0 Å². The Balaban J connectivity index is 1.32. The molecule has 0 N–H and O–H groups in total. The van der Waals surface area contributed by atoms with Gasteiger partial charge >= 0.3 is 5.97 Å². The minimum absolute atomic E-state index is 0.0826. The Labute approximate surface area is 208 Å². The van der Waals surface area contributed by atoms with E-state index in [1.165, 1.54) is 12.1 Å². The molecule has 0 radical (unpaired) electrons. The number of carbonyl (C=O) groups excluding carboxylic acids is 1. The van der Waals surface area contributed by atoms with Crippen LogP contribution in [-0.4, -0.2) is 50.2 Å². The van der Waals surface area contributed by atoms with Crippen molar-refractivity contribution in [3.63, 3.8) is 0 Å². The molecule has 1 fully saturated rings. The van der Waals surface area contributed by atoms with Crippen LogP contribution in [0.5, 0.6) is 0 Å². The Morgan fingerprint density at radius 2 is 1.71 bits per heavy atom. The molecule has 0 aromatic heterocycles. The first kappa shape index (κ1) is 25.6. The second kappa shape index (κ2) is 12.5. The van der Waals surface area contributed by atoms with Crippen molar-refractivity contribution in [2.24, 2.45) is 5.92 Å². The lowest BCUT2D eigenvalue weighted by atomic mass is 9.87. The van der Waals surface area contributed by atoms with E-state index in [0.717, 1.165) is 88.1 Å². The summed E-state index contributed by atoms with van der Waals surface area (Å²) in [6, 6.07) is 11.9. The summed E-state index contributed by atoms with van der Waals surface area (Å²) in [6.45, 7) is 7.34. The molecule has 35 heavy (non-hydrogen) atoms. The molecule has 1 saturated heterocycles. The Bertz CT molecular complexity index is 958. The van der Waals surface area contributed by atoms with Crippen LogP contribution < -0.4 is 4.90 Å². The van der Waals surface area contributed by atoms with Crippen molar-refractivity contribution in [1.29, 1.82) is 0 Å². The first-order valence-electron chi connectivity index (χ1n) is 13.2. The Hall–Kier alpha value is -2.47. The molecule has 1 atom stereocenters. The monoisotopic (exact) mass is 484 g/mol. The number of likely N-dealkylation sites (tertiary alicyclic amines) is 1. The van der Waals surface area contributed by atoms with Crippen LogP contribution >= 0.6 is 0 Å². The molecule has 4 rings (SSSR count). The summed E-state index contributed by atoms with van der Waals surface area (Å²) < 4.78 is 33.1. The van der Waals surface area contributed by atoms with Gasteiger partial charge in [-0.2, -0.15) is 0 Å². The molecule has 0 amide bonds. The third kappa shape index (κ3) is 7.03. The van der Waals surface area contributed by atoms with Crippen LogP contribution in [-0.2, 0) is 9.53 Å². The maximum Gasteiger partial charge on any atom is 0.305 e. The van der Waals surface area contributed by atoms with Crippen LogP contribution in [0.1, 0.15) is 68.9 Å². The molecular formula is C29H38F2N2O2. The zero-order valence-corrected chi connectivity index (χ0v) is 20.9. The van der Waals surface area contributed by atoms with E-state index in [1.54, 1.807) is 12.1 Å². The van der Waals surface area contributed by atoms with E-state index in [-0.39, 0.29) is 23.5 Å². The van der Waals surface area contributed by atoms with Gasteiger partial charge in [0, 0.05) is 37.7 Å². The number of piperidine rings is 1. The van der Waals surface area contributed by atoms with Crippen LogP contribution in [0.25, 0.3) is 0 Å².